The molecule has 4 heteroatoms. The molecule has 1 aliphatic heterocycles. The molecule has 5 atom stereocenters. The number of esters is 1. The van der Waals surface area contributed by atoms with Crippen LogP contribution in [-0.4, -0.2) is 34.5 Å². The van der Waals surface area contributed by atoms with Gasteiger partial charge in [0.15, 0.2) is 0 Å². The van der Waals surface area contributed by atoms with E-state index in [4.69, 9.17) is 4.74 Å². The van der Waals surface area contributed by atoms with Crippen molar-refractivity contribution in [3.05, 3.63) is 24.3 Å². The Kier molecular flexibility index (Phi) is 8.00. The number of rotatable bonds is 4. The lowest BCUT2D eigenvalue weighted by atomic mass is 9.89. The van der Waals surface area contributed by atoms with Crippen molar-refractivity contribution < 1.29 is 19.7 Å². The number of carbonyl (C=O) groups excluding carboxylic acids is 1. The number of aliphatic hydroxyl groups is 2. The fourth-order valence-electron chi connectivity index (χ4n) is 3.71. The maximum atomic E-state index is 12.0. The minimum Gasteiger partial charge on any atom is -0.458 e. The Morgan fingerprint density at radius 3 is 2.79 bits per heavy atom. The van der Waals surface area contributed by atoms with Crippen molar-refractivity contribution in [1.29, 1.82) is 0 Å². The smallest absolute Gasteiger partial charge is 0.306 e. The molecule has 1 heterocycles. The third-order valence-corrected chi connectivity index (χ3v) is 5.17. The van der Waals surface area contributed by atoms with Crippen LogP contribution in [0.1, 0.15) is 64.7 Å². The second kappa shape index (κ2) is 10.00. The summed E-state index contributed by atoms with van der Waals surface area (Å²) >= 11 is 0. The molecule has 0 radical (unpaired) electrons. The summed E-state index contributed by atoms with van der Waals surface area (Å²) in [6.07, 6.45) is 14.2. The molecule has 0 unspecified atom stereocenters. The Bertz CT molecular complexity index is 443. The van der Waals surface area contributed by atoms with Crippen LogP contribution in [0.5, 0.6) is 0 Å². The number of carbonyl (C=O) groups is 1. The fourth-order valence-corrected chi connectivity index (χ4v) is 3.71. The molecule has 4 nitrogen and oxygen atoms in total. The number of fused-ring (bicyclic) bond motifs is 1. The first-order chi connectivity index (χ1) is 11.6. The average Bonchev–Trinajstić information content (AvgIpc) is 2.81. The van der Waals surface area contributed by atoms with Crippen molar-refractivity contribution in [2.24, 2.45) is 11.8 Å². The highest BCUT2D eigenvalue weighted by molar-refractivity contribution is 5.69. The number of hydrogen-bond donors (Lipinski definition) is 2. The van der Waals surface area contributed by atoms with Crippen molar-refractivity contribution in [1.82, 2.24) is 0 Å². The van der Waals surface area contributed by atoms with E-state index in [0.29, 0.717) is 12.8 Å². The SMILES string of the molecule is CCCCC[C@H]1/C=C\[C@@H]2[C@@H](C/C=C\CCCC(=O)O1)[C@@H](O)C[C@H]2O. The van der Waals surface area contributed by atoms with Crippen LogP contribution in [0.2, 0.25) is 0 Å². The van der Waals surface area contributed by atoms with E-state index in [1.165, 1.54) is 0 Å². The summed E-state index contributed by atoms with van der Waals surface area (Å²) in [5, 5.41) is 20.5. The average molecular weight is 336 g/mol. The van der Waals surface area contributed by atoms with Gasteiger partial charge in [0.2, 0.25) is 0 Å². The summed E-state index contributed by atoms with van der Waals surface area (Å²) in [5.74, 6) is -0.171. The standard InChI is InChI=1S/C20H32O4/c1-2-3-6-9-15-12-13-17-16(18(21)14-19(17)22)10-7-4-5-8-11-20(23)24-15/h4,7,12-13,15-19,21-22H,2-3,5-6,8-11,14H2,1H3/b7-4-,13-12-/t15-,16+,17+,18-,19+/m0/s1. The molecule has 2 N–H and O–H groups in total. The van der Waals surface area contributed by atoms with Crippen molar-refractivity contribution >= 4 is 5.97 Å². The second-order valence-corrected chi connectivity index (χ2v) is 7.12. The Morgan fingerprint density at radius 2 is 2.00 bits per heavy atom. The molecule has 24 heavy (non-hydrogen) atoms. The number of aliphatic hydroxyl groups excluding tert-OH is 2. The largest absolute Gasteiger partial charge is 0.458 e. The van der Waals surface area contributed by atoms with Crippen LogP contribution in [0.3, 0.4) is 0 Å². The molecular formula is C20H32O4. The first-order valence-electron chi connectivity index (χ1n) is 9.50. The molecular weight excluding hydrogens is 304 g/mol. The summed E-state index contributed by atoms with van der Waals surface area (Å²) in [5.41, 5.74) is 0. The van der Waals surface area contributed by atoms with Gasteiger partial charge in [0.25, 0.3) is 0 Å². The van der Waals surface area contributed by atoms with Gasteiger partial charge in [0.1, 0.15) is 6.10 Å². The Morgan fingerprint density at radius 1 is 1.17 bits per heavy atom. The Hall–Kier alpha value is -1.13. The molecule has 0 aromatic rings. The number of hydrogen-bond acceptors (Lipinski definition) is 4. The molecule has 0 aromatic heterocycles. The van der Waals surface area contributed by atoms with E-state index in [-0.39, 0.29) is 23.9 Å². The van der Waals surface area contributed by atoms with Crippen LogP contribution >= 0.6 is 0 Å². The fraction of sp³-hybridized carbons (Fsp3) is 0.750. The predicted molar refractivity (Wildman–Crippen MR) is 94.4 cm³/mol. The Labute approximate surface area is 145 Å². The number of unbranched alkanes of at least 4 members (excludes halogenated alkanes) is 2. The quantitative estimate of drug-likeness (QED) is 0.468. The Balaban J connectivity index is 2.10. The molecule has 0 aromatic carbocycles. The van der Waals surface area contributed by atoms with Crippen LogP contribution in [0.25, 0.3) is 0 Å². The highest BCUT2D eigenvalue weighted by Crippen LogP contribution is 2.36. The number of ether oxygens (including phenoxy) is 1. The molecule has 2 aliphatic rings. The van der Waals surface area contributed by atoms with E-state index in [1.807, 2.05) is 12.2 Å². The monoisotopic (exact) mass is 336 g/mol. The van der Waals surface area contributed by atoms with Crippen molar-refractivity contribution in [2.45, 2.75) is 83.0 Å². The maximum Gasteiger partial charge on any atom is 0.306 e. The number of allylic oxidation sites excluding steroid dienone is 2. The number of cyclic esters (lactones) is 1. The molecule has 0 saturated heterocycles. The summed E-state index contributed by atoms with van der Waals surface area (Å²) in [6.45, 7) is 2.15. The summed E-state index contributed by atoms with van der Waals surface area (Å²) in [4.78, 5) is 12.0. The van der Waals surface area contributed by atoms with Crippen LogP contribution < -0.4 is 0 Å². The van der Waals surface area contributed by atoms with E-state index >= 15 is 0 Å². The zero-order valence-corrected chi connectivity index (χ0v) is 14.8. The molecule has 1 fully saturated rings. The predicted octanol–water partition coefficient (Wildman–Crippen LogP) is 3.52. The third-order valence-electron chi connectivity index (χ3n) is 5.17. The van der Waals surface area contributed by atoms with Gasteiger partial charge < -0.3 is 14.9 Å². The minimum atomic E-state index is -0.522. The van der Waals surface area contributed by atoms with E-state index in [2.05, 4.69) is 19.1 Å². The lowest BCUT2D eigenvalue weighted by Crippen LogP contribution is -2.21. The summed E-state index contributed by atoms with van der Waals surface area (Å²) < 4.78 is 5.63. The van der Waals surface area contributed by atoms with Crippen LogP contribution in [0.15, 0.2) is 24.3 Å². The normalized spacial score (nSPS) is 37.5. The molecule has 1 aliphatic carbocycles. The molecule has 0 spiro atoms. The van der Waals surface area contributed by atoms with E-state index in [1.54, 1.807) is 0 Å². The van der Waals surface area contributed by atoms with Crippen molar-refractivity contribution in [3.8, 4) is 0 Å². The minimum absolute atomic E-state index is 0.0419. The van der Waals surface area contributed by atoms with E-state index in [0.717, 1.165) is 44.9 Å². The highest BCUT2D eigenvalue weighted by atomic mass is 16.5. The van der Waals surface area contributed by atoms with Gasteiger partial charge in [-0.25, -0.2) is 0 Å². The molecule has 2 rings (SSSR count). The van der Waals surface area contributed by atoms with Gasteiger partial charge in [-0.05, 0) is 44.1 Å². The van der Waals surface area contributed by atoms with Gasteiger partial charge >= 0.3 is 5.97 Å². The molecule has 0 bridgehead atoms. The van der Waals surface area contributed by atoms with Gasteiger partial charge in [-0.3, -0.25) is 4.79 Å². The summed E-state index contributed by atoms with van der Waals surface area (Å²) in [7, 11) is 0. The van der Waals surface area contributed by atoms with Crippen LogP contribution in [0.4, 0.5) is 0 Å². The highest BCUT2D eigenvalue weighted by Gasteiger charge is 2.39. The lowest BCUT2D eigenvalue weighted by molar-refractivity contribution is -0.147. The van der Waals surface area contributed by atoms with Gasteiger partial charge in [-0.2, -0.15) is 0 Å². The van der Waals surface area contributed by atoms with Crippen LogP contribution in [-0.2, 0) is 9.53 Å². The van der Waals surface area contributed by atoms with Crippen molar-refractivity contribution in [2.75, 3.05) is 0 Å². The van der Waals surface area contributed by atoms with Crippen LogP contribution in [0, 0.1) is 11.8 Å². The van der Waals surface area contributed by atoms with E-state index < -0.39 is 12.2 Å². The van der Waals surface area contributed by atoms with Gasteiger partial charge in [-0.1, -0.05) is 38.0 Å². The zero-order valence-electron chi connectivity index (χ0n) is 14.8. The first-order valence-corrected chi connectivity index (χ1v) is 9.50. The van der Waals surface area contributed by atoms with Gasteiger partial charge in [0, 0.05) is 18.8 Å². The topological polar surface area (TPSA) is 66.8 Å². The summed E-state index contributed by atoms with van der Waals surface area (Å²) in [6, 6.07) is 0. The molecule has 0 amide bonds. The second-order valence-electron chi connectivity index (χ2n) is 7.12. The van der Waals surface area contributed by atoms with Crippen molar-refractivity contribution in [3.63, 3.8) is 0 Å². The third kappa shape index (κ3) is 5.75. The first kappa shape index (κ1) is 19.2. The lowest BCUT2D eigenvalue weighted by Gasteiger charge is -2.20. The zero-order chi connectivity index (χ0) is 17.4. The van der Waals surface area contributed by atoms with Gasteiger partial charge in [-0.15, -0.1) is 0 Å². The van der Waals surface area contributed by atoms with Gasteiger partial charge in [0.05, 0.1) is 12.2 Å². The molecule has 136 valence electrons. The molecule has 1 saturated carbocycles. The van der Waals surface area contributed by atoms with E-state index in [9.17, 15) is 15.0 Å². The maximum absolute atomic E-state index is 12.0.